The Bertz CT molecular complexity index is 840. The average molecular weight is 342 g/mol. The first-order valence-electron chi connectivity index (χ1n) is 7.48. The quantitative estimate of drug-likeness (QED) is 0.728. The van der Waals surface area contributed by atoms with Gasteiger partial charge in [0.2, 0.25) is 5.91 Å². The largest absolute Gasteiger partial charge is 0.459 e. The van der Waals surface area contributed by atoms with E-state index in [9.17, 15) is 4.79 Å². The van der Waals surface area contributed by atoms with Crippen LogP contribution in [0, 0.1) is 0 Å². The fourth-order valence-electron chi connectivity index (χ4n) is 2.36. The number of carbonyl (C=O) groups excluding carboxylic acids is 1. The molecule has 0 saturated carbocycles. The van der Waals surface area contributed by atoms with Gasteiger partial charge in [0.1, 0.15) is 18.1 Å². The minimum absolute atomic E-state index is 0.107. The van der Waals surface area contributed by atoms with E-state index in [0.29, 0.717) is 22.2 Å². The van der Waals surface area contributed by atoms with E-state index in [-0.39, 0.29) is 18.9 Å². The number of nitrogens with one attached hydrogen (secondary N) is 1. The molecule has 1 amide bonds. The van der Waals surface area contributed by atoms with E-state index in [4.69, 9.17) is 21.1 Å². The summed E-state index contributed by atoms with van der Waals surface area (Å²) < 4.78 is 5.51. The van der Waals surface area contributed by atoms with Gasteiger partial charge in [-0.05, 0) is 42.0 Å². The van der Waals surface area contributed by atoms with Crippen LogP contribution in [0.5, 0.6) is 0 Å². The Hall–Kier alpha value is -2.56. The first kappa shape index (κ1) is 16.3. The number of aliphatic hydroxyl groups is 1. The smallest absolute Gasteiger partial charge is 0.228 e. The molecular weight excluding hydrogens is 326 g/mol. The lowest BCUT2D eigenvalue weighted by Crippen LogP contribution is -2.14. The fraction of sp³-hybridized carbons (Fsp3) is 0.105. The van der Waals surface area contributed by atoms with E-state index >= 15 is 0 Å². The van der Waals surface area contributed by atoms with Crippen molar-refractivity contribution in [3.8, 4) is 11.3 Å². The number of hydrogen-bond donors (Lipinski definition) is 2. The molecule has 4 nitrogen and oxygen atoms in total. The molecule has 0 saturated heterocycles. The zero-order valence-electron chi connectivity index (χ0n) is 12.8. The predicted molar refractivity (Wildman–Crippen MR) is 93.9 cm³/mol. The van der Waals surface area contributed by atoms with Gasteiger partial charge in [0.15, 0.2) is 0 Å². The highest BCUT2D eigenvalue weighted by Crippen LogP contribution is 2.25. The summed E-state index contributed by atoms with van der Waals surface area (Å²) in [4.78, 5) is 12.2. The molecule has 3 aromatic rings. The SMILES string of the molecule is O=C(Cc1ccc(Cl)cc1)Nc1cccc(-c2ccc(CO)o2)c1. The van der Waals surface area contributed by atoms with E-state index in [2.05, 4.69) is 5.32 Å². The van der Waals surface area contributed by atoms with Gasteiger partial charge >= 0.3 is 0 Å². The second-order valence-corrected chi connectivity index (χ2v) is 5.79. The van der Waals surface area contributed by atoms with Gasteiger partial charge in [-0.25, -0.2) is 0 Å². The number of halogens is 1. The van der Waals surface area contributed by atoms with Crippen LogP contribution in [0.3, 0.4) is 0 Å². The normalized spacial score (nSPS) is 10.6. The average Bonchev–Trinajstić information content (AvgIpc) is 3.06. The van der Waals surface area contributed by atoms with Crippen molar-refractivity contribution in [1.82, 2.24) is 0 Å². The molecule has 0 radical (unpaired) electrons. The zero-order chi connectivity index (χ0) is 16.9. The number of furan rings is 1. The maximum atomic E-state index is 12.2. The summed E-state index contributed by atoms with van der Waals surface area (Å²) in [6.07, 6.45) is 0.275. The number of anilines is 1. The molecule has 1 heterocycles. The van der Waals surface area contributed by atoms with Crippen molar-refractivity contribution in [2.75, 3.05) is 5.32 Å². The summed E-state index contributed by atoms with van der Waals surface area (Å²) in [5, 5.41) is 12.6. The maximum absolute atomic E-state index is 12.2. The van der Waals surface area contributed by atoms with Crippen molar-refractivity contribution >= 4 is 23.2 Å². The first-order valence-corrected chi connectivity index (χ1v) is 7.86. The highest BCUT2D eigenvalue weighted by Gasteiger charge is 2.08. The number of amides is 1. The summed E-state index contributed by atoms with van der Waals surface area (Å²) in [5.74, 6) is 1.04. The molecular formula is C19H16ClNO3. The number of carbonyl (C=O) groups is 1. The van der Waals surface area contributed by atoms with E-state index < -0.39 is 0 Å². The molecule has 0 atom stereocenters. The van der Waals surface area contributed by atoms with Gasteiger partial charge in [-0.2, -0.15) is 0 Å². The molecule has 122 valence electrons. The molecule has 0 fully saturated rings. The van der Waals surface area contributed by atoms with Crippen LogP contribution in [-0.4, -0.2) is 11.0 Å². The van der Waals surface area contributed by atoms with Crippen LogP contribution >= 0.6 is 11.6 Å². The van der Waals surface area contributed by atoms with Crippen LogP contribution in [0.2, 0.25) is 5.02 Å². The Balaban J connectivity index is 1.69. The van der Waals surface area contributed by atoms with Gasteiger partial charge in [-0.1, -0.05) is 35.9 Å². The molecule has 0 aliphatic heterocycles. The lowest BCUT2D eigenvalue weighted by Gasteiger charge is -2.07. The Morgan fingerprint density at radius 1 is 1.08 bits per heavy atom. The molecule has 2 N–H and O–H groups in total. The third kappa shape index (κ3) is 4.04. The lowest BCUT2D eigenvalue weighted by atomic mass is 10.1. The van der Waals surface area contributed by atoms with E-state index in [0.717, 1.165) is 11.1 Å². The van der Waals surface area contributed by atoms with Gasteiger partial charge in [0, 0.05) is 16.3 Å². The third-order valence-corrected chi connectivity index (χ3v) is 3.78. The Morgan fingerprint density at radius 2 is 1.88 bits per heavy atom. The summed E-state index contributed by atoms with van der Waals surface area (Å²) in [6.45, 7) is -0.141. The minimum atomic E-state index is -0.141. The summed E-state index contributed by atoms with van der Waals surface area (Å²) in [7, 11) is 0. The van der Waals surface area contributed by atoms with Crippen LogP contribution in [0.15, 0.2) is 65.1 Å². The second kappa shape index (κ2) is 7.34. The Kier molecular flexibility index (Phi) is 4.99. The molecule has 0 spiro atoms. The highest BCUT2D eigenvalue weighted by atomic mass is 35.5. The predicted octanol–water partition coefficient (Wildman–Crippen LogP) is 4.27. The molecule has 5 heteroatoms. The summed E-state index contributed by atoms with van der Waals surface area (Å²) >= 11 is 5.84. The molecule has 0 bridgehead atoms. The number of hydrogen-bond acceptors (Lipinski definition) is 3. The third-order valence-electron chi connectivity index (χ3n) is 3.53. The molecule has 24 heavy (non-hydrogen) atoms. The van der Waals surface area contributed by atoms with Crippen LogP contribution in [-0.2, 0) is 17.8 Å². The van der Waals surface area contributed by atoms with Crippen molar-refractivity contribution in [2.24, 2.45) is 0 Å². The van der Waals surface area contributed by atoms with Crippen molar-refractivity contribution in [2.45, 2.75) is 13.0 Å². The maximum Gasteiger partial charge on any atom is 0.228 e. The molecule has 0 aliphatic rings. The van der Waals surface area contributed by atoms with Crippen LogP contribution in [0.25, 0.3) is 11.3 Å². The topological polar surface area (TPSA) is 62.5 Å². The first-order chi connectivity index (χ1) is 11.6. The second-order valence-electron chi connectivity index (χ2n) is 5.36. The molecule has 0 unspecified atom stereocenters. The van der Waals surface area contributed by atoms with E-state index in [1.54, 1.807) is 24.3 Å². The minimum Gasteiger partial charge on any atom is -0.459 e. The van der Waals surface area contributed by atoms with E-state index in [1.807, 2.05) is 36.4 Å². The number of benzene rings is 2. The molecule has 0 aliphatic carbocycles. The van der Waals surface area contributed by atoms with Gasteiger partial charge in [-0.3, -0.25) is 4.79 Å². The highest BCUT2D eigenvalue weighted by molar-refractivity contribution is 6.30. The summed E-state index contributed by atoms with van der Waals surface area (Å²) in [5.41, 5.74) is 2.42. The summed E-state index contributed by atoms with van der Waals surface area (Å²) in [6, 6.07) is 18.1. The Morgan fingerprint density at radius 3 is 2.58 bits per heavy atom. The van der Waals surface area contributed by atoms with E-state index in [1.165, 1.54) is 0 Å². The fourth-order valence-corrected chi connectivity index (χ4v) is 2.49. The van der Waals surface area contributed by atoms with Crippen molar-refractivity contribution < 1.29 is 14.3 Å². The van der Waals surface area contributed by atoms with Gasteiger partial charge < -0.3 is 14.8 Å². The van der Waals surface area contributed by atoms with Crippen LogP contribution in [0.4, 0.5) is 5.69 Å². The number of aliphatic hydroxyl groups excluding tert-OH is 1. The van der Waals surface area contributed by atoms with Gasteiger partial charge in [-0.15, -0.1) is 0 Å². The van der Waals surface area contributed by atoms with Crippen LogP contribution in [0.1, 0.15) is 11.3 Å². The van der Waals surface area contributed by atoms with Gasteiger partial charge in [0.25, 0.3) is 0 Å². The molecule has 1 aromatic heterocycles. The van der Waals surface area contributed by atoms with Crippen molar-refractivity contribution in [1.29, 1.82) is 0 Å². The van der Waals surface area contributed by atoms with Crippen molar-refractivity contribution in [3.63, 3.8) is 0 Å². The van der Waals surface area contributed by atoms with Gasteiger partial charge in [0.05, 0.1) is 6.42 Å². The van der Waals surface area contributed by atoms with Crippen molar-refractivity contribution in [3.05, 3.63) is 77.0 Å². The lowest BCUT2D eigenvalue weighted by molar-refractivity contribution is -0.115. The standard InChI is InChI=1S/C19H16ClNO3/c20-15-6-4-13(5-7-15)10-19(23)21-16-3-1-2-14(11-16)18-9-8-17(12-22)24-18/h1-9,11,22H,10,12H2,(H,21,23). The number of rotatable bonds is 5. The molecule has 2 aromatic carbocycles. The van der Waals surface area contributed by atoms with Crippen LogP contribution < -0.4 is 5.32 Å². The molecule has 3 rings (SSSR count). The monoisotopic (exact) mass is 341 g/mol. The zero-order valence-corrected chi connectivity index (χ0v) is 13.6. The Labute approximate surface area is 144 Å².